The van der Waals surface area contributed by atoms with E-state index in [1.807, 2.05) is 48.2 Å². The molecule has 1 fully saturated rings. The number of rotatable bonds is 9. The van der Waals surface area contributed by atoms with E-state index < -0.39 is 5.97 Å². The van der Waals surface area contributed by atoms with E-state index in [0.29, 0.717) is 60.9 Å². The highest BCUT2D eigenvalue weighted by Gasteiger charge is 2.25. The topological polar surface area (TPSA) is 88.2 Å². The minimum absolute atomic E-state index is 0.00259. The number of benzene rings is 3. The molecule has 0 aromatic heterocycles. The van der Waals surface area contributed by atoms with Gasteiger partial charge in [0.05, 0.1) is 30.2 Å². The molecule has 8 heteroatoms. The number of piperazine rings is 1. The maximum absolute atomic E-state index is 13.1. The summed E-state index contributed by atoms with van der Waals surface area (Å²) in [5.41, 5.74) is 2.78. The molecule has 1 heterocycles. The Morgan fingerprint density at radius 3 is 2.16 bits per heavy atom. The van der Waals surface area contributed by atoms with Gasteiger partial charge in [0.25, 0.3) is 11.8 Å². The number of hydrogen-bond acceptors (Lipinski definition) is 6. The molecule has 1 aliphatic rings. The second-order valence-corrected chi connectivity index (χ2v) is 8.92. The SMILES string of the molecule is CCCOc1ccc(C(=O)Nc2cc(C(=O)OCC)ccc2N2CCN(C(=O)c3ccccc3)CC2)cc1. The number of esters is 1. The minimum atomic E-state index is -0.453. The molecule has 0 saturated carbocycles. The molecule has 1 aliphatic heterocycles. The molecule has 1 N–H and O–H groups in total. The summed E-state index contributed by atoms with van der Waals surface area (Å²) in [6, 6.07) is 21.4. The first-order valence-electron chi connectivity index (χ1n) is 12.9. The van der Waals surface area contributed by atoms with Gasteiger partial charge < -0.3 is 24.6 Å². The summed E-state index contributed by atoms with van der Waals surface area (Å²) in [5, 5.41) is 2.97. The summed E-state index contributed by atoms with van der Waals surface area (Å²) < 4.78 is 10.8. The molecule has 3 aromatic rings. The lowest BCUT2D eigenvalue weighted by molar-refractivity contribution is 0.0526. The molecule has 0 bridgehead atoms. The fraction of sp³-hybridized carbons (Fsp3) is 0.300. The van der Waals surface area contributed by atoms with Gasteiger partial charge in [0.15, 0.2) is 0 Å². The van der Waals surface area contributed by atoms with Crippen molar-refractivity contribution in [2.75, 3.05) is 49.6 Å². The van der Waals surface area contributed by atoms with Crippen molar-refractivity contribution in [3.05, 3.63) is 89.5 Å². The molecule has 38 heavy (non-hydrogen) atoms. The summed E-state index contributed by atoms with van der Waals surface area (Å²) in [6.45, 7) is 6.91. The largest absolute Gasteiger partial charge is 0.494 e. The first kappa shape index (κ1) is 26.7. The molecule has 0 aliphatic carbocycles. The molecule has 8 nitrogen and oxygen atoms in total. The van der Waals surface area contributed by atoms with Crippen LogP contribution in [0.15, 0.2) is 72.8 Å². The first-order valence-corrected chi connectivity index (χ1v) is 12.9. The van der Waals surface area contributed by atoms with Gasteiger partial charge in [-0.15, -0.1) is 0 Å². The van der Waals surface area contributed by atoms with E-state index in [1.165, 1.54) is 0 Å². The molecule has 0 spiro atoms. The molecule has 3 aromatic carbocycles. The number of carbonyl (C=O) groups excluding carboxylic acids is 3. The maximum Gasteiger partial charge on any atom is 0.338 e. The molecule has 0 unspecified atom stereocenters. The predicted molar refractivity (Wildman–Crippen MR) is 147 cm³/mol. The Bertz CT molecular complexity index is 1250. The fourth-order valence-corrected chi connectivity index (χ4v) is 4.28. The van der Waals surface area contributed by atoms with E-state index in [4.69, 9.17) is 9.47 Å². The van der Waals surface area contributed by atoms with E-state index in [1.54, 1.807) is 43.3 Å². The molecule has 198 valence electrons. The predicted octanol–water partition coefficient (Wildman–Crippen LogP) is 4.87. The Kier molecular flexibility index (Phi) is 8.98. The van der Waals surface area contributed by atoms with Gasteiger partial charge in [-0.2, -0.15) is 0 Å². The Morgan fingerprint density at radius 1 is 0.816 bits per heavy atom. The van der Waals surface area contributed by atoms with E-state index in [-0.39, 0.29) is 18.4 Å². The van der Waals surface area contributed by atoms with Crippen LogP contribution < -0.4 is 15.0 Å². The Hall–Kier alpha value is -4.33. The lowest BCUT2D eigenvalue weighted by Gasteiger charge is -2.37. The van der Waals surface area contributed by atoms with Gasteiger partial charge in [0.1, 0.15) is 5.75 Å². The van der Waals surface area contributed by atoms with Crippen molar-refractivity contribution in [2.45, 2.75) is 20.3 Å². The van der Waals surface area contributed by atoms with Crippen molar-refractivity contribution in [1.82, 2.24) is 4.90 Å². The molecule has 1 saturated heterocycles. The number of nitrogens with one attached hydrogen (secondary N) is 1. The van der Waals surface area contributed by atoms with Crippen LogP contribution in [-0.2, 0) is 4.74 Å². The van der Waals surface area contributed by atoms with Gasteiger partial charge in [-0.05, 0) is 67.9 Å². The van der Waals surface area contributed by atoms with Crippen LogP contribution in [0.4, 0.5) is 11.4 Å². The average Bonchev–Trinajstić information content (AvgIpc) is 2.96. The smallest absolute Gasteiger partial charge is 0.338 e. The van der Waals surface area contributed by atoms with Gasteiger partial charge in [-0.3, -0.25) is 9.59 Å². The second kappa shape index (κ2) is 12.8. The molecule has 4 rings (SSSR count). The van der Waals surface area contributed by atoms with Crippen molar-refractivity contribution in [3.8, 4) is 5.75 Å². The molecular formula is C30H33N3O5. The van der Waals surface area contributed by atoms with Crippen molar-refractivity contribution >= 4 is 29.2 Å². The third-order valence-corrected chi connectivity index (χ3v) is 6.27. The van der Waals surface area contributed by atoms with Crippen molar-refractivity contribution in [3.63, 3.8) is 0 Å². The first-order chi connectivity index (χ1) is 18.5. The van der Waals surface area contributed by atoms with Crippen LogP contribution in [0, 0.1) is 0 Å². The number of amides is 2. The molecule has 2 amide bonds. The summed E-state index contributed by atoms with van der Waals surface area (Å²) in [6.07, 6.45) is 0.899. The average molecular weight is 516 g/mol. The standard InChI is InChI=1S/C30H33N3O5/c1-3-20-38-25-13-10-22(11-14-25)28(34)31-26-21-24(30(36)37-4-2)12-15-27(26)32-16-18-33(19-17-32)29(35)23-8-6-5-7-9-23/h5-15,21H,3-4,16-20H2,1-2H3,(H,31,34). The highest BCUT2D eigenvalue weighted by atomic mass is 16.5. The van der Waals surface area contributed by atoms with E-state index in [2.05, 4.69) is 10.2 Å². The van der Waals surface area contributed by atoms with Gasteiger partial charge >= 0.3 is 5.97 Å². The van der Waals surface area contributed by atoms with Crippen molar-refractivity contribution < 1.29 is 23.9 Å². The molecule has 0 atom stereocenters. The Balaban J connectivity index is 1.51. The minimum Gasteiger partial charge on any atom is -0.494 e. The highest BCUT2D eigenvalue weighted by molar-refractivity contribution is 6.07. The van der Waals surface area contributed by atoms with Crippen LogP contribution >= 0.6 is 0 Å². The van der Waals surface area contributed by atoms with Crippen LogP contribution in [0.3, 0.4) is 0 Å². The van der Waals surface area contributed by atoms with E-state index >= 15 is 0 Å². The monoisotopic (exact) mass is 515 g/mol. The third-order valence-electron chi connectivity index (χ3n) is 6.27. The Labute approximate surface area is 223 Å². The van der Waals surface area contributed by atoms with Crippen molar-refractivity contribution in [2.24, 2.45) is 0 Å². The van der Waals surface area contributed by atoms with Gasteiger partial charge in [-0.1, -0.05) is 25.1 Å². The van der Waals surface area contributed by atoms with Crippen LogP contribution in [0.25, 0.3) is 0 Å². The van der Waals surface area contributed by atoms with Gasteiger partial charge in [0.2, 0.25) is 0 Å². The van der Waals surface area contributed by atoms with Crippen LogP contribution in [0.2, 0.25) is 0 Å². The van der Waals surface area contributed by atoms with E-state index in [9.17, 15) is 14.4 Å². The lowest BCUT2D eigenvalue weighted by Crippen LogP contribution is -2.49. The third kappa shape index (κ3) is 6.51. The van der Waals surface area contributed by atoms with Gasteiger partial charge in [-0.25, -0.2) is 4.79 Å². The fourth-order valence-electron chi connectivity index (χ4n) is 4.28. The maximum atomic E-state index is 13.1. The van der Waals surface area contributed by atoms with Crippen LogP contribution in [0.1, 0.15) is 51.3 Å². The normalized spacial score (nSPS) is 13.1. The summed E-state index contributed by atoms with van der Waals surface area (Å²) in [5.74, 6) is -0.0449. The lowest BCUT2D eigenvalue weighted by atomic mass is 10.1. The Morgan fingerprint density at radius 2 is 1.50 bits per heavy atom. The number of hydrogen-bond donors (Lipinski definition) is 1. The molecule has 0 radical (unpaired) electrons. The zero-order valence-corrected chi connectivity index (χ0v) is 21.8. The number of nitrogens with zero attached hydrogens (tertiary/aromatic N) is 2. The quantitative estimate of drug-likeness (QED) is 0.409. The van der Waals surface area contributed by atoms with Crippen LogP contribution in [-0.4, -0.2) is 62.1 Å². The number of ether oxygens (including phenoxy) is 2. The zero-order valence-electron chi connectivity index (χ0n) is 21.8. The zero-order chi connectivity index (χ0) is 26.9. The summed E-state index contributed by atoms with van der Waals surface area (Å²) in [7, 11) is 0. The van der Waals surface area contributed by atoms with Gasteiger partial charge in [0, 0.05) is 37.3 Å². The van der Waals surface area contributed by atoms with Crippen LogP contribution in [0.5, 0.6) is 5.75 Å². The highest BCUT2D eigenvalue weighted by Crippen LogP contribution is 2.30. The van der Waals surface area contributed by atoms with E-state index in [0.717, 1.165) is 12.1 Å². The summed E-state index contributed by atoms with van der Waals surface area (Å²) >= 11 is 0. The number of carbonyl (C=O) groups is 3. The second-order valence-electron chi connectivity index (χ2n) is 8.92. The number of anilines is 2. The molecular weight excluding hydrogens is 482 g/mol. The summed E-state index contributed by atoms with van der Waals surface area (Å²) in [4.78, 5) is 42.4. The van der Waals surface area contributed by atoms with Crippen molar-refractivity contribution in [1.29, 1.82) is 0 Å².